The summed E-state index contributed by atoms with van der Waals surface area (Å²) in [7, 11) is 0. The summed E-state index contributed by atoms with van der Waals surface area (Å²) in [5, 5.41) is 25.6. The summed E-state index contributed by atoms with van der Waals surface area (Å²) in [6.45, 7) is 3.54. The van der Waals surface area contributed by atoms with E-state index in [1.165, 1.54) is 0 Å². The lowest BCUT2D eigenvalue weighted by atomic mass is 10.1. The smallest absolute Gasteiger partial charge is 0.223 e. The quantitative estimate of drug-likeness (QED) is 0.516. The first-order valence-corrected chi connectivity index (χ1v) is 5.61. The molecule has 1 aromatic heterocycles. The van der Waals surface area contributed by atoms with Gasteiger partial charge in [0, 0.05) is 25.1 Å². The molecule has 1 saturated heterocycles. The minimum absolute atomic E-state index is 0.0394. The van der Waals surface area contributed by atoms with Gasteiger partial charge in [0.25, 0.3) is 0 Å². The number of rotatable bonds is 3. The highest BCUT2D eigenvalue weighted by atomic mass is 16.6. The lowest BCUT2D eigenvalue weighted by Crippen LogP contribution is -2.12. The van der Waals surface area contributed by atoms with Crippen molar-refractivity contribution >= 4 is 5.71 Å². The van der Waals surface area contributed by atoms with Crippen molar-refractivity contribution in [2.45, 2.75) is 13.5 Å². The second-order valence-electron chi connectivity index (χ2n) is 4.25. The van der Waals surface area contributed by atoms with Crippen molar-refractivity contribution in [2.24, 2.45) is 11.1 Å². The van der Waals surface area contributed by atoms with E-state index in [9.17, 15) is 10.0 Å². The van der Waals surface area contributed by atoms with E-state index in [-0.39, 0.29) is 12.3 Å². The molecule has 0 spiro atoms. The maximum absolute atomic E-state index is 11.2. The number of hydrogen-bond acceptors (Lipinski definition) is 6. The Bertz CT molecular complexity index is 524. The van der Waals surface area contributed by atoms with Crippen LogP contribution in [-0.2, 0) is 11.4 Å². The molecule has 1 aliphatic rings. The molecule has 0 radical (unpaired) electrons. The van der Waals surface area contributed by atoms with E-state index in [0.717, 1.165) is 24.5 Å². The van der Waals surface area contributed by atoms with Gasteiger partial charge in [-0.05, 0) is 0 Å². The highest BCUT2D eigenvalue weighted by molar-refractivity contribution is 5.89. The van der Waals surface area contributed by atoms with E-state index >= 15 is 0 Å². The molecule has 1 fully saturated rings. The first-order chi connectivity index (χ1) is 8.58. The third-order valence-electron chi connectivity index (χ3n) is 2.81. The largest absolute Gasteiger partial charge is 0.503 e. The van der Waals surface area contributed by atoms with Gasteiger partial charge in [0.2, 0.25) is 5.43 Å². The molecule has 98 valence electrons. The molecule has 7 heteroatoms. The minimum atomic E-state index is -0.567. The number of oxime groups is 1. The van der Waals surface area contributed by atoms with Crippen LogP contribution in [0.1, 0.15) is 12.6 Å². The first kappa shape index (κ1) is 12.4. The van der Waals surface area contributed by atoms with Gasteiger partial charge in [0.05, 0.1) is 11.9 Å². The van der Waals surface area contributed by atoms with E-state index in [4.69, 9.17) is 9.94 Å². The van der Waals surface area contributed by atoms with Crippen LogP contribution in [0.3, 0.4) is 0 Å². The van der Waals surface area contributed by atoms with Gasteiger partial charge >= 0.3 is 0 Å². The number of hydrogen-bond donors (Lipinski definition) is 3. The Morgan fingerprint density at radius 2 is 2.44 bits per heavy atom. The molecule has 0 aliphatic carbocycles. The fourth-order valence-electron chi connectivity index (χ4n) is 1.67. The fraction of sp³-hybridized carbons (Fsp3) is 0.455. The highest BCUT2D eigenvalue weighted by Crippen LogP contribution is 2.07. The monoisotopic (exact) mass is 253 g/mol. The second kappa shape index (κ2) is 5.09. The number of pyridine rings is 1. The molecule has 0 bridgehead atoms. The molecular weight excluding hydrogens is 238 g/mol. The summed E-state index contributed by atoms with van der Waals surface area (Å²) in [4.78, 5) is 16.3. The van der Waals surface area contributed by atoms with Crippen molar-refractivity contribution in [3.8, 4) is 5.75 Å². The molecule has 1 aliphatic heterocycles. The van der Waals surface area contributed by atoms with Gasteiger partial charge in [-0.25, -0.2) is 0 Å². The van der Waals surface area contributed by atoms with Crippen LogP contribution in [0.15, 0.2) is 22.2 Å². The molecule has 1 aromatic rings. The van der Waals surface area contributed by atoms with Crippen LogP contribution in [0.5, 0.6) is 5.75 Å². The number of aromatic hydroxyl groups is 1. The predicted octanol–water partition coefficient (Wildman–Crippen LogP) is -0.0969. The van der Waals surface area contributed by atoms with Crippen LogP contribution in [0.4, 0.5) is 0 Å². The summed E-state index contributed by atoms with van der Waals surface area (Å²) >= 11 is 0. The Hall–Kier alpha value is -2.02. The molecule has 1 atom stereocenters. The standard InChI is InChI=1S/C11H15N3O4/c1-7-3-12-4-9(7)13-18-6-8-2-10(15)11(16)5-14(8)17/h2,5,7,12,16-17H,3-4,6H2,1H3. The maximum Gasteiger partial charge on any atom is 0.223 e. The average Bonchev–Trinajstić information content (AvgIpc) is 2.72. The molecule has 0 aromatic carbocycles. The molecule has 0 saturated carbocycles. The van der Waals surface area contributed by atoms with Crippen molar-refractivity contribution in [3.63, 3.8) is 0 Å². The summed E-state index contributed by atoms with van der Waals surface area (Å²) in [6, 6.07) is 1.10. The zero-order valence-electron chi connectivity index (χ0n) is 9.96. The second-order valence-corrected chi connectivity index (χ2v) is 4.25. The van der Waals surface area contributed by atoms with Gasteiger partial charge in [-0.1, -0.05) is 12.1 Å². The van der Waals surface area contributed by atoms with Gasteiger partial charge in [-0.15, -0.1) is 0 Å². The van der Waals surface area contributed by atoms with E-state index in [1.54, 1.807) is 0 Å². The third-order valence-corrected chi connectivity index (χ3v) is 2.81. The highest BCUT2D eigenvalue weighted by Gasteiger charge is 2.17. The van der Waals surface area contributed by atoms with Crippen LogP contribution in [0.2, 0.25) is 0 Å². The van der Waals surface area contributed by atoms with Crippen LogP contribution in [0.25, 0.3) is 0 Å². The van der Waals surface area contributed by atoms with Crippen LogP contribution in [-0.4, -0.2) is 33.8 Å². The summed E-state index contributed by atoms with van der Waals surface area (Å²) in [5.41, 5.74) is 0.559. The predicted molar refractivity (Wildman–Crippen MR) is 63.8 cm³/mol. The van der Waals surface area contributed by atoms with Gasteiger partial charge in [0.1, 0.15) is 5.69 Å². The third kappa shape index (κ3) is 2.62. The van der Waals surface area contributed by atoms with Gasteiger partial charge in [0.15, 0.2) is 12.4 Å². The molecule has 0 amide bonds. The SMILES string of the molecule is CC1CNCC1=NOCc1cc(=O)c(O)cn1O. The summed E-state index contributed by atoms with van der Waals surface area (Å²) in [5.74, 6) is -0.192. The van der Waals surface area contributed by atoms with E-state index in [2.05, 4.69) is 10.5 Å². The van der Waals surface area contributed by atoms with Crippen LogP contribution in [0, 0.1) is 5.92 Å². The Labute approximate surface area is 103 Å². The van der Waals surface area contributed by atoms with E-state index in [1.807, 2.05) is 6.92 Å². The van der Waals surface area contributed by atoms with Crippen molar-refractivity contribution in [2.75, 3.05) is 13.1 Å². The van der Waals surface area contributed by atoms with Crippen molar-refractivity contribution in [1.82, 2.24) is 10.0 Å². The Morgan fingerprint density at radius 3 is 3.11 bits per heavy atom. The van der Waals surface area contributed by atoms with E-state index < -0.39 is 11.2 Å². The molecule has 1 unspecified atom stereocenters. The number of aromatic nitrogens is 1. The van der Waals surface area contributed by atoms with Crippen molar-refractivity contribution in [1.29, 1.82) is 0 Å². The lowest BCUT2D eigenvalue weighted by Gasteiger charge is -2.07. The molecular formula is C11H15N3O4. The first-order valence-electron chi connectivity index (χ1n) is 5.61. The molecule has 2 heterocycles. The van der Waals surface area contributed by atoms with E-state index in [0.29, 0.717) is 17.2 Å². The zero-order chi connectivity index (χ0) is 13.1. The lowest BCUT2D eigenvalue weighted by molar-refractivity contribution is 0.0944. The van der Waals surface area contributed by atoms with Crippen LogP contribution < -0.4 is 10.7 Å². The average molecular weight is 253 g/mol. The topological polar surface area (TPSA) is 96.1 Å². The molecule has 3 N–H and O–H groups in total. The zero-order valence-corrected chi connectivity index (χ0v) is 9.96. The summed E-state index contributed by atoms with van der Waals surface area (Å²) in [6.07, 6.45) is 0.925. The number of nitrogens with one attached hydrogen (secondary N) is 1. The van der Waals surface area contributed by atoms with Crippen molar-refractivity contribution in [3.05, 3.63) is 28.2 Å². The Morgan fingerprint density at radius 1 is 1.67 bits per heavy atom. The maximum atomic E-state index is 11.2. The Kier molecular flexibility index (Phi) is 3.52. The normalized spacial score (nSPS) is 21.4. The Balaban J connectivity index is 2.02. The van der Waals surface area contributed by atoms with Gasteiger partial charge in [-0.2, -0.15) is 4.73 Å². The van der Waals surface area contributed by atoms with Gasteiger partial charge in [-0.3, -0.25) is 4.79 Å². The fourth-order valence-corrected chi connectivity index (χ4v) is 1.67. The molecule has 7 nitrogen and oxygen atoms in total. The minimum Gasteiger partial charge on any atom is -0.503 e. The van der Waals surface area contributed by atoms with Crippen molar-refractivity contribution < 1.29 is 15.2 Å². The molecule has 18 heavy (non-hydrogen) atoms. The summed E-state index contributed by atoms with van der Waals surface area (Å²) < 4.78 is 0.646. The molecule has 2 rings (SSSR count). The number of nitrogens with zero attached hydrogens (tertiary/aromatic N) is 2. The van der Waals surface area contributed by atoms with Crippen LogP contribution >= 0.6 is 0 Å². The van der Waals surface area contributed by atoms with Gasteiger partial charge < -0.3 is 20.5 Å².